The summed E-state index contributed by atoms with van der Waals surface area (Å²) in [6.45, 7) is 11.8. The molecule has 0 aromatic rings. The van der Waals surface area contributed by atoms with Crippen LogP contribution in [0.15, 0.2) is 0 Å². The fraction of sp³-hybridized carbons (Fsp3) is 0.944. The Labute approximate surface area is 556 Å². The Morgan fingerprint density at radius 3 is 0.747 bits per heavy atom. The van der Waals surface area contributed by atoms with Gasteiger partial charge in [-0.1, -0.05) is 312 Å². The second kappa shape index (κ2) is 62.8. The van der Waals surface area contributed by atoms with E-state index in [9.17, 15) is 43.2 Å². The minimum absolute atomic E-state index is 0.103. The highest BCUT2D eigenvalue weighted by Crippen LogP contribution is 2.45. The Bertz CT molecular complexity index is 1780. The van der Waals surface area contributed by atoms with Crippen LogP contribution in [-0.2, 0) is 65.4 Å². The lowest BCUT2D eigenvalue weighted by molar-refractivity contribution is -0.161. The molecule has 0 aromatic carbocycles. The van der Waals surface area contributed by atoms with Crippen LogP contribution in [-0.4, -0.2) is 96.7 Å². The molecule has 19 heteroatoms. The van der Waals surface area contributed by atoms with Gasteiger partial charge in [-0.25, -0.2) is 9.13 Å². The first-order valence-electron chi connectivity index (χ1n) is 37.3. The summed E-state index contributed by atoms with van der Waals surface area (Å²) >= 11 is 0. The number of phosphoric ester groups is 2. The number of ether oxygens (including phenoxy) is 4. The molecule has 0 aromatic heterocycles. The van der Waals surface area contributed by atoms with Gasteiger partial charge in [-0.15, -0.1) is 0 Å². The third-order valence-corrected chi connectivity index (χ3v) is 18.5. The highest BCUT2D eigenvalue weighted by Gasteiger charge is 2.30. The molecule has 0 bridgehead atoms. The Morgan fingerprint density at radius 2 is 0.505 bits per heavy atom. The molecule has 0 fully saturated rings. The smallest absolute Gasteiger partial charge is 0.462 e. The molecule has 0 saturated carbocycles. The standard InChI is InChI=1S/C72H140O17P2/c1-8-9-10-11-12-23-32-39-46-53-69(74)82-60-68(89-72(77)56-49-42-35-28-31-38-45-52-65(6)7)62-87-91(80,81)85-58-66(73)57-84-90(78,79)86-61-67(88-71(76)55-48-41-34-27-22-18-14-16-20-25-30-37-44-51-64(4)5)59-83-70(75)54-47-40-33-26-21-17-13-15-19-24-29-36-43-50-63(2)3/h63-68,73H,8-62H2,1-7H3,(H,78,79)(H,80,81)/t66-,67-,68-/m1/s1. The van der Waals surface area contributed by atoms with E-state index >= 15 is 0 Å². The van der Waals surface area contributed by atoms with E-state index in [1.165, 1.54) is 173 Å². The van der Waals surface area contributed by atoms with Crippen LogP contribution >= 0.6 is 15.6 Å². The van der Waals surface area contributed by atoms with Crippen LogP contribution < -0.4 is 0 Å². The second-order valence-electron chi connectivity index (χ2n) is 27.4. The predicted octanol–water partition coefficient (Wildman–Crippen LogP) is 20.6. The lowest BCUT2D eigenvalue weighted by Crippen LogP contribution is -2.30. The minimum Gasteiger partial charge on any atom is -0.462 e. The number of aliphatic hydroxyl groups excluding tert-OH is 1. The van der Waals surface area contributed by atoms with Crippen molar-refractivity contribution in [3.63, 3.8) is 0 Å². The molecule has 91 heavy (non-hydrogen) atoms. The maximum absolute atomic E-state index is 13.0. The average molecular weight is 1340 g/mol. The zero-order chi connectivity index (χ0) is 67.3. The van der Waals surface area contributed by atoms with Crippen molar-refractivity contribution in [3.05, 3.63) is 0 Å². The summed E-state index contributed by atoms with van der Waals surface area (Å²) in [6.07, 6.45) is 47.3. The summed E-state index contributed by atoms with van der Waals surface area (Å²) in [4.78, 5) is 72.6. The lowest BCUT2D eigenvalue weighted by atomic mass is 10.0. The monoisotopic (exact) mass is 1340 g/mol. The van der Waals surface area contributed by atoms with Gasteiger partial charge in [0.25, 0.3) is 0 Å². The van der Waals surface area contributed by atoms with Gasteiger partial charge in [0.1, 0.15) is 19.3 Å². The van der Waals surface area contributed by atoms with Gasteiger partial charge in [0.2, 0.25) is 0 Å². The molecule has 3 N–H and O–H groups in total. The maximum atomic E-state index is 13.0. The summed E-state index contributed by atoms with van der Waals surface area (Å²) in [5, 5.41) is 10.6. The Kier molecular flexibility index (Phi) is 61.5. The van der Waals surface area contributed by atoms with E-state index in [0.717, 1.165) is 102 Å². The lowest BCUT2D eigenvalue weighted by Gasteiger charge is -2.21. The van der Waals surface area contributed by atoms with Gasteiger partial charge in [0.05, 0.1) is 26.4 Å². The molecule has 0 aliphatic rings. The van der Waals surface area contributed by atoms with Crippen molar-refractivity contribution in [2.45, 2.75) is 381 Å². The molecular weight excluding hydrogens is 1200 g/mol. The van der Waals surface area contributed by atoms with Crippen molar-refractivity contribution in [2.24, 2.45) is 17.8 Å². The Hall–Kier alpha value is -1.94. The maximum Gasteiger partial charge on any atom is 0.472 e. The molecule has 0 amide bonds. The Morgan fingerprint density at radius 1 is 0.297 bits per heavy atom. The second-order valence-corrected chi connectivity index (χ2v) is 30.3. The van der Waals surface area contributed by atoms with Crippen LogP contribution in [0.5, 0.6) is 0 Å². The minimum atomic E-state index is -4.95. The van der Waals surface area contributed by atoms with Gasteiger partial charge in [-0.05, 0) is 43.4 Å². The number of hydrogen-bond acceptors (Lipinski definition) is 15. The summed E-state index contributed by atoms with van der Waals surface area (Å²) in [7, 11) is -9.90. The first-order chi connectivity index (χ1) is 43.7. The topological polar surface area (TPSA) is 237 Å². The van der Waals surface area contributed by atoms with Crippen molar-refractivity contribution in [1.29, 1.82) is 0 Å². The van der Waals surface area contributed by atoms with Crippen LogP contribution in [0.25, 0.3) is 0 Å². The van der Waals surface area contributed by atoms with Gasteiger partial charge in [0, 0.05) is 25.7 Å². The normalized spacial score (nSPS) is 14.2. The molecule has 0 radical (unpaired) electrons. The summed E-state index contributed by atoms with van der Waals surface area (Å²) in [5.41, 5.74) is 0. The van der Waals surface area contributed by atoms with Gasteiger partial charge in [-0.3, -0.25) is 37.3 Å². The van der Waals surface area contributed by atoms with E-state index in [4.69, 9.17) is 37.0 Å². The zero-order valence-corrected chi connectivity index (χ0v) is 61.1. The molecule has 17 nitrogen and oxygen atoms in total. The number of phosphoric acid groups is 2. The van der Waals surface area contributed by atoms with Gasteiger partial charge in [-0.2, -0.15) is 0 Å². The van der Waals surface area contributed by atoms with Crippen molar-refractivity contribution in [3.8, 4) is 0 Å². The highest BCUT2D eigenvalue weighted by atomic mass is 31.2. The van der Waals surface area contributed by atoms with Crippen LogP contribution in [0.1, 0.15) is 363 Å². The molecular formula is C72H140O17P2. The molecule has 0 heterocycles. The predicted molar refractivity (Wildman–Crippen MR) is 368 cm³/mol. The van der Waals surface area contributed by atoms with E-state index in [-0.39, 0.29) is 25.7 Å². The van der Waals surface area contributed by atoms with E-state index in [1.54, 1.807) is 0 Å². The molecule has 0 aliphatic heterocycles. The van der Waals surface area contributed by atoms with E-state index < -0.39 is 97.5 Å². The SMILES string of the molecule is CCCCCCCCCCCC(=O)OC[C@H](COP(=O)(O)OC[C@H](O)COP(=O)(O)OC[C@@H](COC(=O)CCCCCCCCCCCCCCCC(C)C)OC(=O)CCCCCCCCCCCCCCCC(C)C)OC(=O)CCCCCCCCCC(C)C. The first-order valence-corrected chi connectivity index (χ1v) is 40.3. The number of aliphatic hydroxyl groups is 1. The van der Waals surface area contributed by atoms with E-state index in [1.807, 2.05) is 0 Å². The van der Waals surface area contributed by atoms with E-state index in [2.05, 4.69) is 48.5 Å². The third-order valence-electron chi connectivity index (χ3n) is 16.6. The first kappa shape index (κ1) is 89.1. The fourth-order valence-corrected chi connectivity index (χ4v) is 12.5. The molecule has 0 saturated heterocycles. The van der Waals surface area contributed by atoms with E-state index in [0.29, 0.717) is 31.6 Å². The Balaban J connectivity index is 5.22. The van der Waals surface area contributed by atoms with Gasteiger partial charge in [0.15, 0.2) is 12.2 Å². The molecule has 0 spiro atoms. The largest absolute Gasteiger partial charge is 0.472 e. The van der Waals surface area contributed by atoms with Crippen molar-refractivity contribution in [1.82, 2.24) is 0 Å². The quantitative estimate of drug-likeness (QED) is 0.0222. The summed E-state index contributed by atoms with van der Waals surface area (Å²) in [5.74, 6) is 0.147. The van der Waals surface area contributed by atoms with Crippen molar-refractivity contribution < 1.29 is 80.2 Å². The number of hydrogen-bond donors (Lipinski definition) is 3. The van der Waals surface area contributed by atoms with Gasteiger partial charge < -0.3 is 33.8 Å². The van der Waals surface area contributed by atoms with Crippen LogP contribution in [0.3, 0.4) is 0 Å². The number of carbonyl (C=O) groups excluding carboxylic acids is 4. The third kappa shape index (κ3) is 66.5. The fourth-order valence-electron chi connectivity index (χ4n) is 10.9. The molecule has 0 rings (SSSR count). The number of esters is 4. The highest BCUT2D eigenvalue weighted by molar-refractivity contribution is 7.47. The zero-order valence-electron chi connectivity index (χ0n) is 59.3. The summed E-state index contributed by atoms with van der Waals surface area (Å²) in [6, 6.07) is 0. The number of unbranched alkanes of at least 4 members (excludes halogenated alkanes) is 38. The summed E-state index contributed by atoms with van der Waals surface area (Å²) < 4.78 is 68.3. The molecule has 0 aliphatic carbocycles. The molecule has 2 unspecified atom stereocenters. The molecule has 540 valence electrons. The number of carbonyl (C=O) groups is 4. The number of rotatable bonds is 70. The van der Waals surface area contributed by atoms with Crippen molar-refractivity contribution in [2.75, 3.05) is 39.6 Å². The van der Waals surface area contributed by atoms with Gasteiger partial charge >= 0.3 is 39.5 Å². The van der Waals surface area contributed by atoms with Crippen LogP contribution in [0.2, 0.25) is 0 Å². The van der Waals surface area contributed by atoms with Crippen LogP contribution in [0.4, 0.5) is 0 Å². The van der Waals surface area contributed by atoms with Crippen LogP contribution in [0, 0.1) is 17.8 Å². The average Bonchev–Trinajstić information content (AvgIpc) is 2.68. The molecule has 5 atom stereocenters. The van der Waals surface area contributed by atoms with Crippen molar-refractivity contribution >= 4 is 39.5 Å².